The van der Waals surface area contributed by atoms with Gasteiger partial charge in [0.25, 0.3) is 11.8 Å². The van der Waals surface area contributed by atoms with E-state index in [4.69, 9.17) is 0 Å². The first-order chi connectivity index (χ1) is 28.2. The van der Waals surface area contributed by atoms with Crippen molar-refractivity contribution in [3.8, 4) is 22.9 Å². The first kappa shape index (κ1) is 36.8. The third-order valence-electron chi connectivity index (χ3n) is 9.20. The fourth-order valence-corrected chi connectivity index (χ4v) is 6.16. The monoisotopic (exact) mass is 763 g/mol. The molecule has 58 heavy (non-hydrogen) atoms. The van der Waals surface area contributed by atoms with Gasteiger partial charge in [-0.1, -0.05) is 114 Å². The van der Waals surface area contributed by atoms with Gasteiger partial charge in [-0.05, 0) is 61.0 Å². The van der Waals surface area contributed by atoms with Gasteiger partial charge < -0.3 is 10.2 Å². The van der Waals surface area contributed by atoms with E-state index in [1.54, 1.807) is 97.1 Å². The number of aryl methyl sites for hydroxylation is 2. The van der Waals surface area contributed by atoms with Gasteiger partial charge in [-0.15, -0.1) is 10.2 Å². The smallest absolute Gasteiger partial charge is 0.261 e. The summed E-state index contributed by atoms with van der Waals surface area (Å²) in [5.41, 5.74) is 3.79. The minimum atomic E-state index is -0.756. The van der Waals surface area contributed by atoms with Crippen LogP contribution in [0.15, 0.2) is 160 Å². The van der Waals surface area contributed by atoms with E-state index in [-0.39, 0.29) is 40.2 Å². The number of aromatic nitrogens is 3. The Labute approximate surface area is 331 Å². The Hall–Kier alpha value is -8.19. The lowest BCUT2D eigenvalue weighted by Gasteiger charge is -2.13. The average molecular weight is 764 g/mol. The molecule has 4 N–H and O–H groups in total. The highest BCUT2D eigenvalue weighted by Gasteiger charge is 2.23. The molecule has 13 nitrogen and oxygen atoms in total. The van der Waals surface area contributed by atoms with E-state index in [9.17, 15) is 19.8 Å². The van der Waals surface area contributed by atoms with Crippen molar-refractivity contribution >= 4 is 68.0 Å². The van der Waals surface area contributed by atoms with Crippen LogP contribution in [0.2, 0.25) is 0 Å². The van der Waals surface area contributed by atoms with Crippen LogP contribution >= 0.6 is 0 Å². The maximum absolute atomic E-state index is 13.9. The Kier molecular flexibility index (Phi) is 10.1. The molecule has 0 spiro atoms. The molecule has 1 aromatic heterocycles. The lowest BCUT2D eigenvalue weighted by atomic mass is 10.0. The second-order valence-electron chi connectivity index (χ2n) is 13.3. The van der Waals surface area contributed by atoms with Crippen LogP contribution in [0.5, 0.6) is 11.5 Å². The van der Waals surface area contributed by atoms with E-state index in [2.05, 4.69) is 46.0 Å². The van der Waals surface area contributed by atoms with Crippen molar-refractivity contribution in [3.05, 3.63) is 162 Å². The van der Waals surface area contributed by atoms with Gasteiger partial charge >= 0.3 is 0 Å². The van der Waals surface area contributed by atoms with Crippen molar-refractivity contribution in [2.24, 2.45) is 20.5 Å². The van der Waals surface area contributed by atoms with E-state index in [1.165, 1.54) is 12.1 Å². The molecule has 2 amide bonds. The molecule has 0 bridgehead atoms. The van der Waals surface area contributed by atoms with Gasteiger partial charge in [0.2, 0.25) is 11.9 Å². The van der Waals surface area contributed by atoms with E-state index in [0.29, 0.717) is 38.5 Å². The summed E-state index contributed by atoms with van der Waals surface area (Å²) in [6, 6.07) is 41.1. The van der Waals surface area contributed by atoms with Crippen LogP contribution in [0.3, 0.4) is 0 Å². The lowest BCUT2D eigenvalue weighted by Crippen LogP contribution is -2.19. The summed E-state index contributed by atoms with van der Waals surface area (Å²) in [4.78, 5) is 41.2. The molecule has 0 fully saturated rings. The molecule has 0 aliphatic heterocycles. The number of anilines is 2. The SMILES string of the molecule is Cc1ccc(N=Nc2c(O)c(C(=O)Nc3nc(NC(=O)c4cc5ccccc5c(N=Nc5ccc(C)cc5)c4O)nc(-c4ccccc4)n3)cc3ccccc23)cc1. The van der Waals surface area contributed by atoms with Crippen LogP contribution in [0.1, 0.15) is 31.8 Å². The normalized spacial score (nSPS) is 11.4. The molecule has 282 valence electrons. The lowest BCUT2D eigenvalue weighted by molar-refractivity contribution is 0.101. The van der Waals surface area contributed by atoms with Gasteiger partial charge in [-0.25, -0.2) is 0 Å². The highest BCUT2D eigenvalue weighted by Crippen LogP contribution is 2.41. The van der Waals surface area contributed by atoms with Gasteiger partial charge in [-0.3, -0.25) is 20.2 Å². The summed E-state index contributed by atoms with van der Waals surface area (Å²) >= 11 is 0. The Morgan fingerprint density at radius 1 is 0.500 bits per heavy atom. The van der Waals surface area contributed by atoms with E-state index >= 15 is 0 Å². The number of phenols is 2. The maximum atomic E-state index is 13.9. The second-order valence-corrected chi connectivity index (χ2v) is 13.3. The third-order valence-corrected chi connectivity index (χ3v) is 9.20. The largest absolute Gasteiger partial charge is 0.505 e. The Balaban J connectivity index is 1.14. The molecule has 8 rings (SSSR count). The van der Waals surface area contributed by atoms with Gasteiger partial charge in [-0.2, -0.15) is 25.2 Å². The number of carbonyl (C=O) groups excluding carboxylic acids is 2. The number of benzene rings is 7. The number of fused-ring (bicyclic) bond motifs is 2. The van der Waals surface area contributed by atoms with Crippen LogP contribution in [-0.4, -0.2) is 37.0 Å². The van der Waals surface area contributed by atoms with E-state index < -0.39 is 23.3 Å². The van der Waals surface area contributed by atoms with Crippen molar-refractivity contribution in [2.75, 3.05) is 10.6 Å². The first-order valence-corrected chi connectivity index (χ1v) is 18.1. The zero-order valence-corrected chi connectivity index (χ0v) is 31.1. The summed E-state index contributed by atoms with van der Waals surface area (Å²) in [5, 5.41) is 48.0. The molecule has 13 heteroatoms. The highest BCUT2D eigenvalue weighted by atomic mass is 16.3. The van der Waals surface area contributed by atoms with E-state index in [1.807, 2.05) is 44.2 Å². The summed E-state index contributed by atoms with van der Waals surface area (Å²) in [7, 11) is 0. The number of aromatic hydroxyl groups is 2. The molecule has 0 saturated carbocycles. The van der Waals surface area contributed by atoms with Crippen molar-refractivity contribution in [3.63, 3.8) is 0 Å². The molecule has 8 aromatic rings. The number of hydrogen-bond donors (Lipinski definition) is 4. The topological polar surface area (TPSA) is 187 Å². The molecule has 0 saturated heterocycles. The number of phenolic OH excluding ortho intramolecular Hbond substituents is 2. The fourth-order valence-electron chi connectivity index (χ4n) is 6.16. The Morgan fingerprint density at radius 2 is 0.914 bits per heavy atom. The number of hydrogen-bond acceptors (Lipinski definition) is 11. The quantitative estimate of drug-likeness (QED) is 0.105. The van der Waals surface area contributed by atoms with Crippen LogP contribution in [0.25, 0.3) is 32.9 Å². The molecule has 0 aliphatic rings. The fraction of sp³-hybridized carbons (Fsp3) is 0.0444. The van der Waals surface area contributed by atoms with Crippen molar-refractivity contribution < 1.29 is 19.8 Å². The van der Waals surface area contributed by atoms with Crippen molar-refractivity contribution in [2.45, 2.75) is 13.8 Å². The number of amides is 2. The molecular formula is C45H33N9O4. The van der Waals surface area contributed by atoms with Gasteiger partial charge in [0.05, 0.1) is 22.5 Å². The van der Waals surface area contributed by atoms with Crippen LogP contribution in [0, 0.1) is 13.8 Å². The molecule has 0 radical (unpaired) electrons. The van der Waals surface area contributed by atoms with Crippen molar-refractivity contribution in [1.82, 2.24) is 15.0 Å². The summed E-state index contributed by atoms with van der Waals surface area (Å²) in [6.07, 6.45) is 0. The van der Waals surface area contributed by atoms with Crippen LogP contribution in [0.4, 0.5) is 34.6 Å². The predicted molar refractivity (Wildman–Crippen MR) is 223 cm³/mol. The number of nitrogens with one attached hydrogen (secondary N) is 2. The van der Waals surface area contributed by atoms with Crippen LogP contribution in [-0.2, 0) is 0 Å². The van der Waals surface area contributed by atoms with Gasteiger partial charge in [0.1, 0.15) is 11.4 Å². The number of azo groups is 2. The summed E-state index contributed by atoms with van der Waals surface area (Å²) in [6.45, 7) is 3.92. The third kappa shape index (κ3) is 7.81. The van der Waals surface area contributed by atoms with Crippen molar-refractivity contribution in [1.29, 1.82) is 0 Å². The first-order valence-electron chi connectivity index (χ1n) is 18.1. The molecule has 0 atom stereocenters. The average Bonchev–Trinajstić information content (AvgIpc) is 3.24. The minimum Gasteiger partial charge on any atom is -0.505 e. The standard InChI is InChI=1S/C45H33N9O4/c1-26-16-20-31(21-17-26)51-53-37-33-14-8-6-12-29(33)24-35(39(37)55)42(57)48-44-46-41(28-10-4-3-5-11-28)47-45(50-44)49-43(58)36-25-30-13-7-9-15-34(30)38(40(36)56)54-52-32-22-18-27(2)19-23-32/h3-25,55-56H,1-2H3,(H2,46,47,48,49,50,57,58). The number of rotatable bonds is 9. The molecule has 7 aromatic carbocycles. The van der Waals surface area contributed by atoms with Gasteiger partial charge in [0.15, 0.2) is 17.3 Å². The second kappa shape index (κ2) is 15.9. The molecule has 0 unspecified atom stereocenters. The predicted octanol–water partition coefficient (Wildman–Crippen LogP) is 11.2. The highest BCUT2D eigenvalue weighted by molar-refractivity contribution is 6.12. The number of carbonyl (C=O) groups is 2. The zero-order chi connectivity index (χ0) is 40.2. The van der Waals surface area contributed by atoms with E-state index in [0.717, 1.165) is 11.1 Å². The number of nitrogens with zero attached hydrogens (tertiary/aromatic N) is 7. The Morgan fingerprint density at radius 3 is 1.36 bits per heavy atom. The minimum absolute atomic E-state index is 0.102. The molecule has 1 heterocycles. The maximum Gasteiger partial charge on any atom is 0.261 e. The molecular weight excluding hydrogens is 731 g/mol. The van der Waals surface area contributed by atoms with Crippen LogP contribution < -0.4 is 10.6 Å². The Bertz CT molecular complexity index is 2740. The molecule has 0 aliphatic carbocycles. The summed E-state index contributed by atoms with van der Waals surface area (Å²) in [5.74, 6) is -2.63. The van der Waals surface area contributed by atoms with Gasteiger partial charge in [0, 0.05) is 16.3 Å². The zero-order valence-electron chi connectivity index (χ0n) is 31.1. The summed E-state index contributed by atoms with van der Waals surface area (Å²) < 4.78 is 0.